The smallest absolute Gasteiger partial charge is 0.119 e. The van der Waals surface area contributed by atoms with Gasteiger partial charge < -0.3 is 10.2 Å². The lowest BCUT2D eigenvalue weighted by atomic mass is 10.00. The fourth-order valence-electron chi connectivity index (χ4n) is 2.19. The Kier molecular flexibility index (Phi) is 10.4. The first-order valence-corrected chi connectivity index (χ1v) is 7.43. The summed E-state index contributed by atoms with van der Waals surface area (Å²) < 4.78 is 0. The average molecular weight is 281 g/mol. The maximum atomic E-state index is 9.96. The molecular weight excluding hydrogens is 254 g/mol. The van der Waals surface area contributed by atoms with Gasteiger partial charge in [0.25, 0.3) is 0 Å². The lowest BCUT2D eigenvalue weighted by Gasteiger charge is -2.10. The van der Waals surface area contributed by atoms with Crippen molar-refractivity contribution in [1.82, 2.24) is 0 Å². The van der Waals surface area contributed by atoms with Crippen molar-refractivity contribution in [3.8, 4) is 11.5 Å². The van der Waals surface area contributed by atoms with Gasteiger partial charge >= 0.3 is 0 Å². The summed E-state index contributed by atoms with van der Waals surface area (Å²) in [4.78, 5) is 7.50. The molecule has 0 amide bonds. The van der Waals surface area contributed by atoms with Crippen molar-refractivity contribution in [1.29, 1.82) is 5.59 Å². The molecule has 0 fully saturated rings. The van der Waals surface area contributed by atoms with E-state index in [0.29, 0.717) is 11.5 Å². The van der Waals surface area contributed by atoms with Crippen molar-refractivity contribution in [2.24, 2.45) is 0 Å². The van der Waals surface area contributed by atoms with Gasteiger partial charge in [-0.2, -0.15) is 4.91 Å². The first kappa shape index (κ1) is 18.4. The predicted molar refractivity (Wildman–Crippen MR) is 82.3 cm³/mol. The van der Waals surface area contributed by atoms with Crippen LogP contribution in [0.3, 0.4) is 0 Å². The molecule has 114 valence electrons. The maximum Gasteiger partial charge on any atom is 0.119 e. The number of aryl methyl sites for hydroxylation is 2. The molecule has 1 rings (SSSR count). The molecule has 0 saturated heterocycles. The van der Waals surface area contributed by atoms with Crippen LogP contribution in [-0.2, 0) is 12.8 Å². The van der Waals surface area contributed by atoms with Gasteiger partial charge in [0, 0.05) is 0 Å². The fourth-order valence-corrected chi connectivity index (χ4v) is 2.19. The zero-order valence-corrected chi connectivity index (χ0v) is 12.6. The zero-order valence-electron chi connectivity index (χ0n) is 12.6. The topological polar surface area (TPSA) is 81.4 Å². The Morgan fingerprint density at radius 3 is 1.45 bits per heavy atom. The van der Waals surface area contributed by atoms with Gasteiger partial charge in [0.1, 0.15) is 11.5 Å². The number of hydrogen-bond acceptors (Lipinski definition) is 4. The number of rotatable bonds is 8. The number of unbranched alkanes of at least 4 members (excludes halogenated alkanes) is 4. The third-order valence-electron chi connectivity index (χ3n) is 3.38. The first-order valence-electron chi connectivity index (χ1n) is 7.43. The van der Waals surface area contributed by atoms with Gasteiger partial charge in [-0.3, -0.25) is 0 Å². The largest absolute Gasteiger partial charge is 0.508 e. The van der Waals surface area contributed by atoms with E-state index in [4.69, 9.17) is 4.91 Å². The summed E-state index contributed by atoms with van der Waals surface area (Å²) in [5.41, 5.74) is 6.25. The van der Waals surface area contributed by atoms with Crippen LogP contribution in [0.25, 0.3) is 0 Å². The van der Waals surface area contributed by atoms with E-state index in [2.05, 4.69) is 19.4 Å². The number of nitrogens with one attached hydrogen (secondary N) is 1. The van der Waals surface area contributed by atoms with Gasteiger partial charge in [0.15, 0.2) is 0 Å². The van der Waals surface area contributed by atoms with Crippen LogP contribution in [0.15, 0.2) is 12.1 Å². The molecule has 0 bridgehead atoms. The molecule has 0 aliphatic rings. The van der Waals surface area contributed by atoms with Crippen LogP contribution in [0.5, 0.6) is 11.5 Å². The van der Waals surface area contributed by atoms with E-state index in [1.54, 1.807) is 12.1 Å². The highest BCUT2D eigenvalue weighted by Gasteiger charge is 2.08. The standard InChI is InChI=1S/C16H26O2.HNO/c1-3-5-7-9-13-11-16(18)14(12-15(13)17)10-8-6-4-2;1-2/h11-12,17-18H,3-10H2,1-2H3;1H. The summed E-state index contributed by atoms with van der Waals surface area (Å²) in [6, 6.07) is 3.48. The third-order valence-corrected chi connectivity index (χ3v) is 3.38. The summed E-state index contributed by atoms with van der Waals surface area (Å²) >= 11 is 0. The lowest BCUT2D eigenvalue weighted by Crippen LogP contribution is -1.92. The van der Waals surface area contributed by atoms with Crippen molar-refractivity contribution in [3.63, 3.8) is 0 Å². The summed E-state index contributed by atoms with van der Waals surface area (Å²) in [5.74, 6) is 0.686. The van der Waals surface area contributed by atoms with Crippen molar-refractivity contribution in [3.05, 3.63) is 28.2 Å². The van der Waals surface area contributed by atoms with Crippen molar-refractivity contribution >= 4 is 0 Å². The summed E-state index contributed by atoms with van der Waals surface area (Å²) in [6.45, 7) is 4.32. The molecule has 0 aliphatic heterocycles. The molecule has 3 N–H and O–H groups in total. The van der Waals surface area contributed by atoms with Crippen LogP contribution in [-0.4, -0.2) is 10.2 Å². The van der Waals surface area contributed by atoms with Crippen LogP contribution in [0.4, 0.5) is 0 Å². The molecule has 4 nitrogen and oxygen atoms in total. The number of nitroso groups, excluding NO2 is 1. The normalized spacial score (nSPS) is 9.90. The van der Waals surface area contributed by atoms with Gasteiger partial charge in [-0.05, 0) is 48.9 Å². The number of benzene rings is 1. The Morgan fingerprint density at radius 1 is 0.800 bits per heavy atom. The van der Waals surface area contributed by atoms with Gasteiger partial charge in [0.2, 0.25) is 0 Å². The summed E-state index contributed by atoms with van der Waals surface area (Å²) in [6.07, 6.45) is 8.50. The Morgan fingerprint density at radius 2 is 1.15 bits per heavy atom. The molecule has 20 heavy (non-hydrogen) atoms. The number of phenols is 2. The van der Waals surface area contributed by atoms with E-state index < -0.39 is 0 Å². The molecule has 0 aromatic heterocycles. The van der Waals surface area contributed by atoms with E-state index in [1.165, 1.54) is 25.7 Å². The van der Waals surface area contributed by atoms with E-state index in [9.17, 15) is 10.2 Å². The minimum Gasteiger partial charge on any atom is -0.508 e. The third kappa shape index (κ3) is 6.55. The molecule has 0 saturated carbocycles. The van der Waals surface area contributed by atoms with Crippen LogP contribution < -0.4 is 0 Å². The Bertz CT molecular complexity index is 344. The lowest BCUT2D eigenvalue weighted by molar-refractivity contribution is 0.446. The number of hydrogen-bond donors (Lipinski definition) is 3. The van der Waals surface area contributed by atoms with Gasteiger partial charge in [-0.25, -0.2) is 0 Å². The molecule has 0 spiro atoms. The van der Waals surface area contributed by atoms with Gasteiger partial charge in [-0.1, -0.05) is 45.1 Å². The van der Waals surface area contributed by atoms with E-state index >= 15 is 0 Å². The Balaban J connectivity index is 0.00000172. The Hall–Kier alpha value is -1.58. The van der Waals surface area contributed by atoms with Crippen molar-refractivity contribution in [2.45, 2.75) is 65.2 Å². The molecule has 1 aromatic carbocycles. The number of phenolic OH excluding ortho intramolecular Hbond substituents is 2. The highest BCUT2D eigenvalue weighted by atomic mass is 16.3. The van der Waals surface area contributed by atoms with Crippen LogP contribution in [0.2, 0.25) is 0 Å². The molecule has 0 aliphatic carbocycles. The molecule has 0 radical (unpaired) electrons. The minimum absolute atomic E-state index is 0.343. The molecule has 4 heteroatoms. The van der Waals surface area contributed by atoms with Crippen LogP contribution >= 0.6 is 0 Å². The maximum absolute atomic E-state index is 9.96. The molecule has 0 atom stereocenters. The van der Waals surface area contributed by atoms with Crippen molar-refractivity contribution < 1.29 is 10.2 Å². The highest BCUT2D eigenvalue weighted by molar-refractivity contribution is 5.45. The Labute approximate surface area is 121 Å². The van der Waals surface area contributed by atoms with E-state index in [1.807, 2.05) is 0 Å². The molecule has 0 heterocycles. The van der Waals surface area contributed by atoms with Crippen LogP contribution in [0.1, 0.15) is 63.5 Å². The summed E-state index contributed by atoms with van der Waals surface area (Å²) in [7, 11) is 0. The predicted octanol–water partition coefficient (Wildman–Crippen LogP) is 4.89. The second kappa shape index (κ2) is 11.3. The van der Waals surface area contributed by atoms with E-state index in [-0.39, 0.29) is 0 Å². The molecular formula is C16H27NO3. The number of aromatic hydroxyl groups is 2. The second-order valence-electron chi connectivity index (χ2n) is 5.02. The fraction of sp³-hybridized carbons (Fsp3) is 0.625. The SMILES string of the molecule is CCCCCc1cc(O)c(CCCCC)cc1O.N=O. The highest BCUT2D eigenvalue weighted by Crippen LogP contribution is 2.29. The van der Waals surface area contributed by atoms with E-state index in [0.717, 1.165) is 36.8 Å². The quantitative estimate of drug-likeness (QED) is 0.360. The van der Waals surface area contributed by atoms with Crippen LogP contribution in [0, 0.1) is 10.5 Å². The second-order valence-corrected chi connectivity index (χ2v) is 5.02. The minimum atomic E-state index is 0.343. The first-order chi connectivity index (χ1) is 9.69. The molecule has 0 unspecified atom stereocenters. The molecule has 1 aromatic rings. The zero-order chi connectivity index (χ0) is 15.4. The van der Waals surface area contributed by atoms with Crippen molar-refractivity contribution in [2.75, 3.05) is 0 Å². The summed E-state index contributed by atoms with van der Waals surface area (Å²) in [5, 5.41) is 19.9. The average Bonchev–Trinajstić information content (AvgIpc) is 2.46. The van der Waals surface area contributed by atoms with Gasteiger partial charge in [-0.15, -0.1) is 0 Å². The van der Waals surface area contributed by atoms with Gasteiger partial charge in [0.05, 0.1) is 0 Å². The monoisotopic (exact) mass is 281 g/mol.